The van der Waals surface area contributed by atoms with Crippen LogP contribution in [0.5, 0.6) is 5.75 Å². The predicted molar refractivity (Wildman–Crippen MR) is 103 cm³/mol. The first-order valence-corrected chi connectivity index (χ1v) is 8.05. The summed E-state index contributed by atoms with van der Waals surface area (Å²) in [6.07, 6.45) is 7.00. The molecule has 3 rings (SSSR count). The molecule has 1 heterocycles. The molecular weight excluding hydrogens is 328 g/mol. The van der Waals surface area contributed by atoms with Crippen LogP contribution in [-0.2, 0) is 0 Å². The molecule has 3 aromatic rings. The normalized spacial score (nSPS) is 11.1. The van der Waals surface area contributed by atoms with E-state index in [0.717, 1.165) is 11.3 Å². The van der Waals surface area contributed by atoms with Crippen molar-refractivity contribution >= 4 is 29.6 Å². The Morgan fingerprint density at radius 2 is 1.96 bits per heavy atom. The number of benzene rings is 2. The maximum Gasteiger partial charge on any atom is 0.291 e. The van der Waals surface area contributed by atoms with Gasteiger partial charge in [0.25, 0.3) is 5.91 Å². The Kier molecular flexibility index (Phi) is 5.62. The highest BCUT2D eigenvalue weighted by Crippen LogP contribution is 2.29. The van der Waals surface area contributed by atoms with Gasteiger partial charge >= 0.3 is 0 Å². The monoisotopic (exact) mass is 346 g/mol. The molecule has 0 radical (unpaired) electrons. The second kappa shape index (κ2) is 8.48. The lowest BCUT2D eigenvalue weighted by atomic mass is 10.2. The van der Waals surface area contributed by atoms with E-state index in [1.165, 1.54) is 6.26 Å². The molecule has 0 aliphatic heterocycles. The zero-order chi connectivity index (χ0) is 18.2. The Balaban J connectivity index is 1.69. The van der Waals surface area contributed by atoms with Crippen LogP contribution in [-0.4, -0.2) is 19.2 Å². The van der Waals surface area contributed by atoms with Gasteiger partial charge in [0.1, 0.15) is 5.75 Å². The third-order valence-electron chi connectivity index (χ3n) is 3.58. The number of hydrogen-bond acceptors (Lipinski definition) is 4. The molecular formula is C21H18N2O3. The van der Waals surface area contributed by atoms with Crippen molar-refractivity contribution < 1.29 is 13.9 Å². The van der Waals surface area contributed by atoms with Crippen LogP contribution in [0.4, 0.5) is 11.4 Å². The molecule has 5 nitrogen and oxygen atoms in total. The second-order valence-electron chi connectivity index (χ2n) is 5.36. The summed E-state index contributed by atoms with van der Waals surface area (Å²) >= 11 is 0. The summed E-state index contributed by atoms with van der Waals surface area (Å²) in [5.41, 5.74) is 2.37. The van der Waals surface area contributed by atoms with Crippen LogP contribution >= 0.6 is 0 Å². The number of furan rings is 1. The van der Waals surface area contributed by atoms with Gasteiger partial charge in [-0.3, -0.25) is 9.79 Å². The number of carbonyl (C=O) groups excluding carboxylic acids is 1. The largest absolute Gasteiger partial charge is 0.494 e. The summed E-state index contributed by atoms with van der Waals surface area (Å²) in [5, 5.41) is 2.76. The Bertz CT molecular complexity index is 914. The standard InChI is InChI=1S/C21H18N2O3/c1-25-20-15-17(22-13-5-9-16-7-3-2-4-8-16)11-12-18(20)23-21(24)19-10-6-14-26-19/h2-15H,1H3,(H,23,24)/b9-5-,22-13?. The SMILES string of the molecule is COc1cc(N=C/C=C\c2ccccc2)ccc1NC(=O)c1ccco1. The van der Waals surface area contributed by atoms with Gasteiger partial charge in [-0.25, -0.2) is 0 Å². The number of nitrogens with one attached hydrogen (secondary N) is 1. The smallest absolute Gasteiger partial charge is 0.291 e. The molecule has 26 heavy (non-hydrogen) atoms. The van der Waals surface area contributed by atoms with Crippen molar-refractivity contribution in [1.29, 1.82) is 0 Å². The highest BCUT2D eigenvalue weighted by Gasteiger charge is 2.12. The Morgan fingerprint density at radius 1 is 1.12 bits per heavy atom. The first-order chi connectivity index (χ1) is 12.8. The molecule has 0 aliphatic carbocycles. The average Bonchev–Trinajstić information content (AvgIpc) is 3.22. The molecule has 1 aromatic heterocycles. The number of allylic oxidation sites excluding steroid dienone is 1. The minimum absolute atomic E-state index is 0.236. The molecule has 0 saturated carbocycles. The van der Waals surface area contributed by atoms with Gasteiger partial charge in [-0.2, -0.15) is 0 Å². The number of amides is 1. The average molecular weight is 346 g/mol. The van der Waals surface area contributed by atoms with E-state index in [2.05, 4.69) is 10.3 Å². The van der Waals surface area contributed by atoms with Crippen molar-refractivity contribution in [1.82, 2.24) is 0 Å². The third-order valence-corrected chi connectivity index (χ3v) is 3.58. The lowest BCUT2D eigenvalue weighted by Gasteiger charge is -2.09. The van der Waals surface area contributed by atoms with Crippen LogP contribution in [0.15, 0.2) is 82.4 Å². The van der Waals surface area contributed by atoms with Crippen molar-refractivity contribution in [2.45, 2.75) is 0 Å². The van der Waals surface area contributed by atoms with Crippen molar-refractivity contribution in [3.8, 4) is 5.75 Å². The van der Waals surface area contributed by atoms with Crippen LogP contribution in [0.1, 0.15) is 16.1 Å². The Morgan fingerprint density at radius 3 is 2.69 bits per heavy atom. The highest BCUT2D eigenvalue weighted by molar-refractivity contribution is 6.03. The molecule has 0 spiro atoms. The van der Waals surface area contributed by atoms with Gasteiger partial charge in [0.05, 0.1) is 24.7 Å². The van der Waals surface area contributed by atoms with Crippen LogP contribution in [0.3, 0.4) is 0 Å². The van der Waals surface area contributed by atoms with Crippen molar-refractivity contribution in [3.63, 3.8) is 0 Å². The van der Waals surface area contributed by atoms with Gasteiger partial charge in [-0.15, -0.1) is 0 Å². The molecule has 0 aliphatic rings. The van der Waals surface area contributed by atoms with E-state index < -0.39 is 0 Å². The van der Waals surface area contributed by atoms with Crippen LogP contribution in [0.2, 0.25) is 0 Å². The van der Waals surface area contributed by atoms with Crippen LogP contribution < -0.4 is 10.1 Å². The second-order valence-corrected chi connectivity index (χ2v) is 5.36. The van der Waals surface area contributed by atoms with Crippen LogP contribution in [0.25, 0.3) is 6.08 Å². The fourth-order valence-corrected chi connectivity index (χ4v) is 2.30. The molecule has 0 unspecified atom stereocenters. The van der Waals surface area contributed by atoms with E-state index in [4.69, 9.17) is 9.15 Å². The quantitative estimate of drug-likeness (QED) is 0.642. The fourth-order valence-electron chi connectivity index (χ4n) is 2.30. The lowest BCUT2D eigenvalue weighted by Crippen LogP contribution is -2.11. The number of aliphatic imine (C=N–C) groups is 1. The molecule has 5 heteroatoms. The summed E-state index contributed by atoms with van der Waals surface area (Å²) in [7, 11) is 1.54. The summed E-state index contributed by atoms with van der Waals surface area (Å²) in [6, 6.07) is 18.5. The molecule has 0 atom stereocenters. The number of rotatable bonds is 6. The maximum absolute atomic E-state index is 12.1. The van der Waals surface area contributed by atoms with E-state index in [1.807, 2.05) is 42.5 Å². The molecule has 1 amide bonds. The number of anilines is 1. The lowest BCUT2D eigenvalue weighted by molar-refractivity contribution is 0.0996. The van der Waals surface area contributed by atoms with Gasteiger partial charge in [0, 0.05) is 12.3 Å². The minimum atomic E-state index is -0.338. The highest BCUT2D eigenvalue weighted by atomic mass is 16.5. The van der Waals surface area contributed by atoms with Gasteiger partial charge in [-0.1, -0.05) is 36.4 Å². The predicted octanol–water partition coefficient (Wildman–Crippen LogP) is 4.96. The van der Waals surface area contributed by atoms with Crippen LogP contribution in [0, 0.1) is 0 Å². The number of methoxy groups -OCH3 is 1. The maximum atomic E-state index is 12.1. The third kappa shape index (κ3) is 4.48. The van der Waals surface area contributed by atoms with E-state index >= 15 is 0 Å². The minimum Gasteiger partial charge on any atom is -0.494 e. The first-order valence-electron chi connectivity index (χ1n) is 8.05. The van der Waals surface area contributed by atoms with Crippen molar-refractivity contribution in [2.75, 3.05) is 12.4 Å². The van der Waals surface area contributed by atoms with Gasteiger partial charge < -0.3 is 14.5 Å². The zero-order valence-electron chi connectivity index (χ0n) is 14.3. The molecule has 1 N–H and O–H groups in total. The van der Waals surface area contributed by atoms with Gasteiger partial charge in [0.2, 0.25) is 0 Å². The van der Waals surface area contributed by atoms with E-state index in [1.54, 1.807) is 43.7 Å². The van der Waals surface area contributed by atoms with Gasteiger partial charge in [0.15, 0.2) is 5.76 Å². The number of ether oxygens (including phenoxy) is 1. The molecule has 2 aromatic carbocycles. The number of carbonyl (C=O) groups is 1. The van der Waals surface area contributed by atoms with E-state index in [9.17, 15) is 4.79 Å². The summed E-state index contributed by atoms with van der Waals surface area (Å²) in [5.74, 6) is 0.419. The molecule has 0 fully saturated rings. The summed E-state index contributed by atoms with van der Waals surface area (Å²) in [4.78, 5) is 16.5. The molecule has 0 bridgehead atoms. The summed E-state index contributed by atoms with van der Waals surface area (Å²) < 4.78 is 10.4. The topological polar surface area (TPSA) is 63.8 Å². The van der Waals surface area contributed by atoms with Crippen molar-refractivity contribution in [2.24, 2.45) is 4.99 Å². The van der Waals surface area contributed by atoms with Gasteiger partial charge in [-0.05, 0) is 35.9 Å². The fraction of sp³-hybridized carbons (Fsp3) is 0.0476. The van der Waals surface area contributed by atoms with E-state index in [0.29, 0.717) is 11.4 Å². The van der Waals surface area contributed by atoms with Crippen molar-refractivity contribution in [3.05, 3.63) is 84.3 Å². The van der Waals surface area contributed by atoms with E-state index in [-0.39, 0.29) is 11.7 Å². The molecule has 0 saturated heterocycles. The summed E-state index contributed by atoms with van der Waals surface area (Å²) in [6.45, 7) is 0. The first kappa shape index (κ1) is 17.2. The Labute approximate surface area is 151 Å². The zero-order valence-corrected chi connectivity index (χ0v) is 14.3. The number of nitrogens with zero attached hydrogens (tertiary/aromatic N) is 1. The number of hydrogen-bond donors (Lipinski definition) is 1. The Hall–Kier alpha value is -3.60. The molecule has 130 valence electrons.